The van der Waals surface area contributed by atoms with E-state index in [2.05, 4.69) is 11.2 Å². The Bertz CT molecular complexity index is 417. The summed E-state index contributed by atoms with van der Waals surface area (Å²) in [5, 5.41) is 12.8. The summed E-state index contributed by atoms with van der Waals surface area (Å²) >= 11 is 0. The molecule has 78 valence electrons. The second kappa shape index (κ2) is 3.73. The summed E-state index contributed by atoms with van der Waals surface area (Å²) in [6.45, 7) is 0.673. The number of hydrogen-bond acceptors (Lipinski definition) is 3. The molecule has 0 bridgehead atoms. The van der Waals surface area contributed by atoms with Gasteiger partial charge in [-0.1, -0.05) is 0 Å². The van der Waals surface area contributed by atoms with E-state index in [0.29, 0.717) is 12.1 Å². The van der Waals surface area contributed by atoms with Crippen LogP contribution in [-0.2, 0) is 7.05 Å². The Morgan fingerprint density at radius 3 is 3.13 bits per heavy atom. The van der Waals surface area contributed by atoms with Gasteiger partial charge in [-0.25, -0.2) is 0 Å². The zero-order valence-corrected chi connectivity index (χ0v) is 8.55. The molecule has 15 heavy (non-hydrogen) atoms. The molecule has 0 aromatic carbocycles. The van der Waals surface area contributed by atoms with Crippen LogP contribution in [0.3, 0.4) is 0 Å². The molecule has 2 rings (SSSR count). The Morgan fingerprint density at radius 1 is 1.73 bits per heavy atom. The first-order chi connectivity index (χ1) is 7.22. The van der Waals surface area contributed by atoms with Crippen LogP contribution in [0.2, 0.25) is 0 Å². The van der Waals surface area contributed by atoms with Gasteiger partial charge in [0.15, 0.2) is 0 Å². The second-order valence-electron chi connectivity index (χ2n) is 3.69. The van der Waals surface area contributed by atoms with Gasteiger partial charge in [0, 0.05) is 19.8 Å². The van der Waals surface area contributed by atoms with E-state index in [-0.39, 0.29) is 11.9 Å². The molecule has 0 N–H and O–H groups in total. The molecule has 1 aromatic heterocycles. The van der Waals surface area contributed by atoms with Gasteiger partial charge in [0.2, 0.25) is 0 Å². The number of carbonyl (C=O) groups excluding carboxylic acids is 1. The van der Waals surface area contributed by atoms with Gasteiger partial charge in [0.05, 0.1) is 17.8 Å². The van der Waals surface area contributed by atoms with E-state index in [1.165, 1.54) is 6.20 Å². The lowest BCUT2D eigenvalue weighted by Crippen LogP contribution is -2.34. The number of amides is 1. The van der Waals surface area contributed by atoms with E-state index in [9.17, 15) is 4.79 Å². The van der Waals surface area contributed by atoms with Gasteiger partial charge in [-0.05, 0) is 12.8 Å². The van der Waals surface area contributed by atoms with Crippen molar-refractivity contribution in [3.05, 3.63) is 18.0 Å². The van der Waals surface area contributed by atoms with Gasteiger partial charge in [-0.2, -0.15) is 10.4 Å². The Labute approximate surface area is 87.9 Å². The van der Waals surface area contributed by atoms with Crippen molar-refractivity contribution in [2.45, 2.75) is 18.9 Å². The van der Waals surface area contributed by atoms with Crippen LogP contribution in [0.25, 0.3) is 0 Å². The fourth-order valence-electron chi connectivity index (χ4n) is 1.84. The molecule has 0 saturated carbocycles. The number of carbonyl (C=O) groups is 1. The van der Waals surface area contributed by atoms with Crippen molar-refractivity contribution in [3.8, 4) is 6.07 Å². The molecule has 1 aliphatic heterocycles. The Kier molecular flexibility index (Phi) is 2.42. The van der Waals surface area contributed by atoms with E-state index in [1.54, 1.807) is 22.8 Å². The van der Waals surface area contributed by atoms with Gasteiger partial charge >= 0.3 is 0 Å². The van der Waals surface area contributed by atoms with Crippen LogP contribution >= 0.6 is 0 Å². The SMILES string of the molecule is Cn1cc(C(=O)N2CCCC2C#N)cn1. The summed E-state index contributed by atoms with van der Waals surface area (Å²) in [5.74, 6) is -0.0906. The number of rotatable bonds is 1. The molecular formula is C10H12N4O. The average Bonchev–Trinajstić information content (AvgIpc) is 2.84. The van der Waals surface area contributed by atoms with Crippen LogP contribution in [-0.4, -0.2) is 33.2 Å². The van der Waals surface area contributed by atoms with Crippen molar-refractivity contribution < 1.29 is 4.79 Å². The largest absolute Gasteiger partial charge is 0.323 e. The predicted octanol–water partition coefficient (Wildman–Crippen LogP) is 0.548. The highest BCUT2D eigenvalue weighted by atomic mass is 16.2. The van der Waals surface area contributed by atoms with Crippen LogP contribution in [0.15, 0.2) is 12.4 Å². The minimum Gasteiger partial charge on any atom is -0.323 e. The smallest absolute Gasteiger partial charge is 0.258 e. The number of aromatic nitrogens is 2. The van der Waals surface area contributed by atoms with Crippen molar-refractivity contribution in [1.82, 2.24) is 14.7 Å². The molecule has 0 aliphatic carbocycles. The lowest BCUT2D eigenvalue weighted by molar-refractivity contribution is 0.0765. The first kappa shape index (κ1) is 9.71. The van der Waals surface area contributed by atoms with Crippen molar-refractivity contribution in [2.24, 2.45) is 7.05 Å². The van der Waals surface area contributed by atoms with E-state index in [1.807, 2.05) is 0 Å². The molecular weight excluding hydrogens is 192 g/mol. The summed E-state index contributed by atoms with van der Waals surface area (Å²) in [6, 6.07) is 1.88. The summed E-state index contributed by atoms with van der Waals surface area (Å²) in [4.78, 5) is 13.6. The Morgan fingerprint density at radius 2 is 2.53 bits per heavy atom. The molecule has 1 aliphatic rings. The topological polar surface area (TPSA) is 61.9 Å². The number of aryl methyl sites for hydroxylation is 1. The third kappa shape index (κ3) is 1.71. The molecule has 1 atom stereocenters. The van der Waals surface area contributed by atoms with Gasteiger partial charge in [0.25, 0.3) is 5.91 Å². The quantitative estimate of drug-likeness (QED) is 0.671. The highest BCUT2D eigenvalue weighted by Gasteiger charge is 2.29. The third-order valence-corrected chi connectivity index (χ3v) is 2.61. The standard InChI is InChI=1S/C10H12N4O/c1-13-7-8(6-12-13)10(15)14-4-2-3-9(14)5-11/h6-7,9H,2-4H2,1H3. The first-order valence-corrected chi connectivity index (χ1v) is 4.91. The molecule has 1 aromatic rings. The van der Waals surface area contributed by atoms with E-state index in [0.717, 1.165) is 12.8 Å². The van der Waals surface area contributed by atoms with Crippen LogP contribution < -0.4 is 0 Å². The second-order valence-corrected chi connectivity index (χ2v) is 3.69. The van der Waals surface area contributed by atoms with Crippen LogP contribution in [0.4, 0.5) is 0 Å². The fourth-order valence-corrected chi connectivity index (χ4v) is 1.84. The average molecular weight is 204 g/mol. The molecule has 1 saturated heterocycles. The lowest BCUT2D eigenvalue weighted by Gasteiger charge is -2.18. The summed E-state index contributed by atoms with van der Waals surface area (Å²) < 4.78 is 1.59. The van der Waals surface area contributed by atoms with Crippen molar-refractivity contribution in [2.75, 3.05) is 6.54 Å². The van der Waals surface area contributed by atoms with Crippen molar-refractivity contribution in [1.29, 1.82) is 5.26 Å². The normalized spacial score (nSPS) is 20.3. The van der Waals surface area contributed by atoms with Gasteiger partial charge in [-0.3, -0.25) is 9.48 Å². The highest BCUT2D eigenvalue weighted by Crippen LogP contribution is 2.18. The molecule has 1 amide bonds. The van der Waals surface area contributed by atoms with Crippen LogP contribution in [0.1, 0.15) is 23.2 Å². The molecule has 2 heterocycles. The summed E-state index contributed by atoms with van der Waals surface area (Å²) in [7, 11) is 1.77. The number of hydrogen-bond donors (Lipinski definition) is 0. The van der Waals surface area contributed by atoms with E-state index < -0.39 is 0 Å². The molecule has 5 heteroatoms. The van der Waals surface area contributed by atoms with Crippen LogP contribution in [0.5, 0.6) is 0 Å². The molecule has 5 nitrogen and oxygen atoms in total. The Balaban J connectivity index is 2.18. The summed E-state index contributed by atoms with van der Waals surface area (Å²) in [5.41, 5.74) is 0.555. The van der Waals surface area contributed by atoms with Gasteiger partial charge < -0.3 is 4.90 Å². The van der Waals surface area contributed by atoms with E-state index >= 15 is 0 Å². The van der Waals surface area contributed by atoms with Crippen molar-refractivity contribution in [3.63, 3.8) is 0 Å². The number of nitrogens with zero attached hydrogens (tertiary/aromatic N) is 4. The van der Waals surface area contributed by atoms with E-state index in [4.69, 9.17) is 5.26 Å². The fraction of sp³-hybridized carbons (Fsp3) is 0.500. The molecule has 0 radical (unpaired) electrons. The predicted molar refractivity (Wildman–Crippen MR) is 52.9 cm³/mol. The maximum absolute atomic E-state index is 12.0. The maximum atomic E-state index is 12.0. The zero-order chi connectivity index (χ0) is 10.8. The minimum atomic E-state index is -0.266. The molecule has 1 fully saturated rings. The molecule has 0 spiro atoms. The van der Waals surface area contributed by atoms with Crippen LogP contribution in [0, 0.1) is 11.3 Å². The maximum Gasteiger partial charge on any atom is 0.258 e. The monoisotopic (exact) mass is 204 g/mol. The van der Waals surface area contributed by atoms with Crippen molar-refractivity contribution >= 4 is 5.91 Å². The Hall–Kier alpha value is -1.83. The van der Waals surface area contributed by atoms with Gasteiger partial charge in [-0.15, -0.1) is 0 Å². The minimum absolute atomic E-state index is 0.0906. The summed E-state index contributed by atoms with van der Waals surface area (Å²) in [6.07, 6.45) is 4.90. The van der Waals surface area contributed by atoms with Gasteiger partial charge in [0.1, 0.15) is 6.04 Å². The zero-order valence-electron chi connectivity index (χ0n) is 8.55. The number of likely N-dealkylation sites (tertiary alicyclic amines) is 1. The number of nitriles is 1. The first-order valence-electron chi connectivity index (χ1n) is 4.91. The third-order valence-electron chi connectivity index (χ3n) is 2.61. The molecule has 1 unspecified atom stereocenters. The lowest BCUT2D eigenvalue weighted by atomic mass is 10.2. The highest BCUT2D eigenvalue weighted by molar-refractivity contribution is 5.94.